The Balaban J connectivity index is 1.35. The first-order valence-electron chi connectivity index (χ1n) is 11.3. The van der Waals surface area contributed by atoms with Crippen LogP contribution in [0.3, 0.4) is 0 Å². The Kier molecular flexibility index (Phi) is 8.05. The van der Waals surface area contributed by atoms with Crippen molar-refractivity contribution in [2.75, 3.05) is 23.1 Å². The van der Waals surface area contributed by atoms with Crippen LogP contribution >= 0.6 is 11.8 Å². The van der Waals surface area contributed by atoms with Crippen molar-refractivity contribution >= 4 is 34.7 Å². The van der Waals surface area contributed by atoms with Crippen molar-refractivity contribution in [2.24, 2.45) is 0 Å². The van der Waals surface area contributed by atoms with Gasteiger partial charge in [0.2, 0.25) is 11.8 Å². The van der Waals surface area contributed by atoms with Crippen LogP contribution < -0.4 is 15.0 Å². The highest BCUT2D eigenvalue weighted by molar-refractivity contribution is 7.99. The molecule has 4 aromatic rings. The number of amides is 1. The van der Waals surface area contributed by atoms with Gasteiger partial charge in [-0.3, -0.25) is 4.79 Å². The van der Waals surface area contributed by atoms with Gasteiger partial charge in [0.25, 0.3) is 5.22 Å². The van der Waals surface area contributed by atoms with Crippen molar-refractivity contribution in [1.29, 1.82) is 0 Å². The Labute approximate surface area is 209 Å². The molecule has 0 fully saturated rings. The van der Waals surface area contributed by atoms with Gasteiger partial charge in [0.15, 0.2) is 0 Å². The van der Waals surface area contributed by atoms with Crippen LogP contribution in [-0.4, -0.2) is 35.0 Å². The Hall–Kier alpha value is -3.78. The van der Waals surface area contributed by atoms with Gasteiger partial charge < -0.3 is 19.4 Å². The van der Waals surface area contributed by atoms with Crippen LogP contribution in [0.5, 0.6) is 5.75 Å². The number of carbonyl (C=O) groups excluding carboxylic acids is 1. The molecule has 1 heterocycles. The van der Waals surface area contributed by atoms with Crippen LogP contribution in [-0.2, 0) is 11.2 Å². The zero-order valence-electron chi connectivity index (χ0n) is 20.0. The van der Waals surface area contributed by atoms with E-state index in [-0.39, 0.29) is 17.7 Å². The number of hydrogen-bond acceptors (Lipinski definition) is 7. The first-order valence-corrected chi connectivity index (χ1v) is 12.3. The summed E-state index contributed by atoms with van der Waals surface area (Å²) in [6.45, 7) is 4.00. The van der Waals surface area contributed by atoms with Crippen LogP contribution in [0.15, 0.2) is 88.5 Å². The van der Waals surface area contributed by atoms with Gasteiger partial charge in [-0.15, -0.1) is 10.2 Å². The molecule has 0 atom stereocenters. The molecule has 8 heteroatoms. The fraction of sp³-hybridized carbons (Fsp3) is 0.222. The summed E-state index contributed by atoms with van der Waals surface area (Å²) in [5, 5.41) is 11.9. The van der Waals surface area contributed by atoms with Crippen LogP contribution in [0.4, 0.5) is 17.1 Å². The largest absolute Gasteiger partial charge is 0.497 e. The number of carbonyl (C=O) groups is 1. The number of ether oxygens (including phenoxy) is 1. The van der Waals surface area contributed by atoms with Gasteiger partial charge >= 0.3 is 0 Å². The quantitative estimate of drug-likeness (QED) is 0.276. The minimum atomic E-state index is -0.0244. The van der Waals surface area contributed by atoms with Gasteiger partial charge in [-0.05, 0) is 67.9 Å². The monoisotopic (exact) mass is 488 g/mol. The van der Waals surface area contributed by atoms with E-state index in [1.807, 2.05) is 92.7 Å². The molecule has 1 amide bonds. The van der Waals surface area contributed by atoms with Gasteiger partial charge in [0, 0.05) is 23.1 Å². The number of methoxy groups -OCH3 is 1. The molecule has 0 aliphatic heterocycles. The second kappa shape index (κ2) is 11.6. The average molecular weight is 489 g/mol. The van der Waals surface area contributed by atoms with Gasteiger partial charge in [-0.2, -0.15) is 0 Å². The van der Waals surface area contributed by atoms with Crippen LogP contribution in [0.25, 0.3) is 0 Å². The molecule has 0 saturated heterocycles. The summed E-state index contributed by atoms with van der Waals surface area (Å²) >= 11 is 1.25. The molecule has 0 unspecified atom stereocenters. The Morgan fingerprint density at radius 2 is 1.66 bits per heavy atom. The number of hydrogen-bond donors (Lipinski definition) is 1. The number of thioether (sulfide) groups is 1. The summed E-state index contributed by atoms with van der Waals surface area (Å²) in [6.07, 6.45) is 0.521. The van der Waals surface area contributed by atoms with E-state index in [1.165, 1.54) is 11.8 Å². The Morgan fingerprint density at radius 1 is 0.971 bits per heavy atom. The predicted molar refractivity (Wildman–Crippen MR) is 140 cm³/mol. The summed E-state index contributed by atoms with van der Waals surface area (Å²) in [4.78, 5) is 14.9. The van der Waals surface area contributed by atoms with Crippen molar-refractivity contribution in [1.82, 2.24) is 10.2 Å². The number of nitrogens with one attached hydrogen (secondary N) is 1. The van der Waals surface area contributed by atoms with Gasteiger partial charge in [0.05, 0.1) is 19.3 Å². The molecule has 0 radical (unpaired) electrons. The number of para-hydroxylation sites is 1. The number of aromatic nitrogens is 2. The minimum Gasteiger partial charge on any atom is -0.497 e. The zero-order valence-corrected chi connectivity index (χ0v) is 20.8. The number of rotatable bonds is 10. The maximum Gasteiger partial charge on any atom is 0.277 e. The standard InChI is InChI=1S/C27H28N4O3S/c1-19(2)31(23-13-11-22(12-14-23)28-21-7-5-4-6-8-21)26(32)18-35-27-30-29-25(34-27)17-20-9-15-24(33-3)16-10-20/h4-16,19,28H,17-18H2,1-3H3. The van der Waals surface area contributed by atoms with Crippen molar-refractivity contribution in [3.63, 3.8) is 0 Å². The van der Waals surface area contributed by atoms with E-state index in [0.717, 1.165) is 28.4 Å². The van der Waals surface area contributed by atoms with Crippen molar-refractivity contribution < 1.29 is 13.9 Å². The van der Waals surface area contributed by atoms with E-state index in [2.05, 4.69) is 15.5 Å². The van der Waals surface area contributed by atoms with E-state index in [9.17, 15) is 4.79 Å². The SMILES string of the molecule is COc1ccc(Cc2nnc(SCC(=O)N(c3ccc(Nc4ccccc4)cc3)C(C)C)o2)cc1. The number of nitrogens with zero attached hydrogens (tertiary/aromatic N) is 3. The van der Waals surface area contributed by atoms with Crippen molar-refractivity contribution in [3.05, 3.63) is 90.3 Å². The highest BCUT2D eigenvalue weighted by Crippen LogP contribution is 2.25. The second-order valence-corrected chi connectivity index (χ2v) is 9.10. The van der Waals surface area contributed by atoms with E-state index < -0.39 is 0 Å². The second-order valence-electron chi connectivity index (χ2n) is 8.17. The highest BCUT2D eigenvalue weighted by atomic mass is 32.2. The minimum absolute atomic E-state index is 0.00403. The van der Waals surface area contributed by atoms with Gasteiger partial charge in [-0.1, -0.05) is 42.1 Å². The highest BCUT2D eigenvalue weighted by Gasteiger charge is 2.20. The average Bonchev–Trinajstić information content (AvgIpc) is 3.32. The van der Waals surface area contributed by atoms with Crippen molar-refractivity contribution in [2.45, 2.75) is 31.5 Å². The molecular formula is C27H28N4O3S. The first-order chi connectivity index (χ1) is 17.0. The molecule has 3 aromatic carbocycles. The number of anilines is 3. The molecule has 0 saturated carbocycles. The summed E-state index contributed by atoms with van der Waals surface area (Å²) in [6, 6.07) is 25.5. The fourth-order valence-corrected chi connectivity index (χ4v) is 4.24. The third-order valence-electron chi connectivity index (χ3n) is 5.27. The molecule has 1 N–H and O–H groups in total. The van der Waals surface area contributed by atoms with E-state index in [4.69, 9.17) is 9.15 Å². The fourth-order valence-electron chi connectivity index (χ4n) is 3.60. The molecule has 0 bridgehead atoms. The molecule has 1 aromatic heterocycles. The van der Waals surface area contributed by atoms with Crippen LogP contribution in [0.2, 0.25) is 0 Å². The lowest BCUT2D eigenvalue weighted by Crippen LogP contribution is -2.38. The van der Waals surface area contributed by atoms with E-state index >= 15 is 0 Å². The Bertz CT molecular complexity index is 1230. The van der Waals surface area contributed by atoms with Gasteiger partial charge in [0.1, 0.15) is 5.75 Å². The number of benzene rings is 3. The third kappa shape index (κ3) is 6.64. The molecule has 35 heavy (non-hydrogen) atoms. The van der Waals surface area contributed by atoms with E-state index in [1.54, 1.807) is 12.0 Å². The van der Waals surface area contributed by atoms with Crippen LogP contribution in [0.1, 0.15) is 25.3 Å². The molecule has 7 nitrogen and oxygen atoms in total. The first kappa shape index (κ1) is 24.3. The van der Waals surface area contributed by atoms with Gasteiger partial charge in [-0.25, -0.2) is 0 Å². The van der Waals surface area contributed by atoms with E-state index in [0.29, 0.717) is 17.5 Å². The smallest absolute Gasteiger partial charge is 0.277 e. The molecule has 180 valence electrons. The molecule has 0 aliphatic rings. The lowest BCUT2D eigenvalue weighted by molar-refractivity contribution is -0.116. The predicted octanol–water partition coefficient (Wildman–Crippen LogP) is 5.95. The summed E-state index contributed by atoms with van der Waals surface area (Å²) in [7, 11) is 1.64. The Morgan fingerprint density at radius 3 is 2.31 bits per heavy atom. The summed E-state index contributed by atoms with van der Waals surface area (Å²) in [5.74, 6) is 1.48. The maximum atomic E-state index is 13.1. The maximum absolute atomic E-state index is 13.1. The molecule has 0 spiro atoms. The lowest BCUT2D eigenvalue weighted by atomic mass is 10.1. The molecular weight excluding hydrogens is 460 g/mol. The molecule has 0 aliphatic carbocycles. The lowest BCUT2D eigenvalue weighted by Gasteiger charge is -2.27. The summed E-state index contributed by atoms with van der Waals surface area (Å²) < 4.78 is 10.9. The van der Waals surface area contributed by atoms with Crippen LogP contribution in [0, 0.1) is 0 Å². The normalized spacial score (nSPS) is 10.9. The zero-order chi connectivity index (χ0) is 24.6. The third-order valence-corrected chi connectivity index (χ3v) is 6.08. The summed E-state index contributed by atoms with van der Waals surface area (Å²) in [5.41, 5.74) is 3.85. The van der Waals surface area contributed by atoms with Crippen molar-refractivity contribution in [3.8, 4) is 5.75 Å². The molecule has 4 rings (SSSR count). The topological polar surface area (TPSA) is 80.5 Å².